The lowest BCUT2D eigenvalue weighted by atomic mass is 10.1. The lowest BCUT2D eigenvalue weighted by Crippen LogP contribution is -1.98. The number of rotatable bonds is 3. The third-order valence-electron chi connectivity index (χ3n) is 2.99. The van der Waals surface area contributed by atoms with E-state index in [9.17, 15) is 9.90 Å². The van der Waals surface area contributed by atoms with Crippen LogP contribution in [0.4, 0.5) is 5.69 Å². The number of carbonyl (C=O) groups is 1. The SMILES string of the molecule is C[C@H](O)c1cccc(N/C=C2/CCCC2=O)c1. The van der Waals surface area contributed by atoms with Crippen molar-refractivity contribution in [3.05, 3.63) is 41.6 Å². The normalized spacial score (nSPS) is 19.6. The topological polar surface area (TPSA) is 49.3 Å². The van der Waals surface area contributed by atoms with Crippen molar-refractivity contribution in [3.63, 3.8) is 0 Å². The van der Waals surface area contributed by atoms with Crippen molar-refractivity contribution >= 4 is 11.5 Å². The molecule has 0 bridgehead atoms. The average molecular weight is 231 g/mol. The van der Waals surface area contributed by atoms with Crippen molar-refractivity contribution in [2.75, 3.05) is 5.32 Å². The maximum Gasteiger partial charge on any atom is 0.160 e. The number of hydrogen-bond acceptors (Lipinski definition) is 3. The molecule has 0 heterocycles. The summed E-state index contributed by atoms with van der Waals surface area (Å²) in [5, 5.41) is 12.6. The van der Waals surface area contributed by atoms with Crippen LogP contribution in [0.15, 0.2) is 36.0 Å². The lowest BCUT2D eigenvalue weighted by molar-refractivity contribution is -0.114. The summed E-state index contributed by atoms with van der Waals surface area (Å²) in [5.41, 5.74) is 2.63. The Labute approximate surface area is 101 Å². The Kier molecular flexibility index (Phi) is 3.59. The summed E-state index contributed by atoms with van der Waals surface area (Å²) in [4.78, 5) is 11.4. The molecule has 0 aromatic heterocycles. The molecular weight excluding hydrogens is 214 g/mol. The minimum absolute atomic E-state index is 0.240. The van der Waals surface area contributed by atoms with E-state index in [4.69, 9.17) is 0 Å². The number of hydrogen-bond donors (Lipinski definition) is 2. The minimum Gasteiger partial charge on any atom is -0.389 e. The Bertz CT molecular complexity index is 449. The highest BCUT2D eigenvalue weighted by Crippen LogP contribution is 2.21. The van der Waals surface area contributed by atoms with Crippen molar-refractivity contribution in [2.24, 2.45) is 0 Å². The van der Waals surface area contributed by atoms with Gasteiger partial charge in [0.25, 0.3) is 0 Å². The molecule has 17 heavy (non-hydrogen) atoms. The van der Waals surface area contributed by atoms with Crippen molar-refractivity contribution < 1.29 is 9.90 Å². The first kappa shape index (κ1) is 11.9. The van der Waals surface area contributed by atoms with Gasteiger partial charge in [0.2, 0.25) is 0 Å². The van der Waals surface area contributed by atoms with E-state index in [0.717, 1.165) is 29.7 Å². The molecule has 0 unspecified atom stereocenters. The quantitative estimate of drug-likeness (QED) is 0.786. The van der Waals surface area contributed by atoms with Gasteiger partial charge in [-0.3, -0.25) is 4.79 Å². The van der Waals surface area contributed by atoms with Crippen LogP contribution >= 0.6 is 0 Å². The Morgan fingerprint density at radius 2 is 2.24 bits per heavy atom. The van der Waals surface area contributed by atoms with Crippen molar-refractivity contribution in [3.8, 4) is 0 Å². The largest absolute Gasteiger partial charge is 0.389 e. The molecular formula is C14H17NO2. The highest BCUT2D eigenvalue weighted by atomic mass is 16.3. The number of carbonyl (C=O) groups excluding carboxylic acids is 1. The number of benzene rings is 1. The highest BCUT2D eigenvalue weighted by molar-refractivity contribution is 5.97. The molecule has 2 rings (SSSR count). The maximum absolute atomic E-state index is 11.4. The molecule has 2 N–H and O–H groups in total. The van der Waals surface area contributed by atoms with Gasteiger partial charge in [-0.25, -0.2) is 0 Å². The van der Waals surface area contributed by atoms with Gasteiger partial charge in [-0.2, -0.15) is 0 Å². The molecule has 90 valence electrons. The lowest BCUT2D eigenvalue weighted by Gasteiger charge is -2.07. The number of allylic oxidation sites excluding steroid dienone is 1. The first-order chi connectivity index (χ1) is 8.16. The van der Waals surface area contributed by atoms with Gasteiger partial charge >= 0.3 is 0 Å². The van der Waals surface area contributed by atoms with Gasteiger partial charge in [-0.15, -0.1) is 0 Å². The molecule has 3 heteroatoms. The van der Waals surface area contributed by atoms with Crippen LogP contribution in [0.2, 0.25) is 0 Å². The first-order valence-electron chi connectivity index (χ1n) is 5.93. The molecule has 1 saturated carbocycles. The molecule has 0 aliphatic heterocycles. The van der Waals surface area contributed by atoms with Crippen LogP contribution in [0, 0.1) is 0 Å². The zero-order chi connectivity index (χ0) is 12.3. The number of aliphatic hydroxyl groups excluding tert-OH is 1. The van der Waals surface area contributed by atoms with Crippen molar-refractivity contribution in [1.82, 2.24) is 0 Å². The van der Waals surface area contributed by atoms with Crippen LogP contribution in [0.5, 0.6) is 0 Å². The third kappa shape index (κ3) is 2.94. The van der Waals surface area contributed by atoms with E-state index in [0.29, 0.717) is 6.42 Å². The summed E-state index contributed by atoms with van der Waals surface area (Å²) in [6, 6.07) is 7.58. The Morgan fingerprint density at radius 1 is 1.41 bits per heavy atom. The molecule has 0 spiro atoms. The van der Waals surface area contributed by atoms with Crippen molar-refractivity contribution in [1.29, 1.82) is 0 Å². The maximum atomic E-state index is 11.4. The summed E-state index contributed by atoms with van der Waals surface area (Å²) in [6.07, 6.45) is 3.80. The molecule has 0 radical (unpaired) electrons. The monoisotopic (exact) mass is 231 g/mol. The standard InChI is InChI=1S/C14H17NO2/c1-10(16)11-4-2-6-13(8-11)15-9-12-5-3-7-14(12)17/h2,4,6,8-10,15-16H,3,5,7H2,1H3/b12-9-/t10-/m0/s1. The summed E-state index contributed by atoms with van der Waals surface area (Å²) < 4.78 is 0. The van der Waals surface area contributed by atoms with E-state index < -0.39 is 6.10 Å². The Balaban J connectivity index is 2.08. The van der Waals surface area contributed by atoms with Gasteiger partial charge in [0, 0.05) is 23.9 Å². The fourth-order valence-corrected chi connectivity index (χ4v) is 1.95. The molecule has 0 saturated heterocycles. The minimum atomic E-state index is -0.475. The van der Waals surface area contributed by atoms with Gasteiger partial charge < -0.3 is 10.4 Å². The van der Waals surface area contributed by atoms with E-state index in [1.807, 2.05) is 24.3 Å². The number of ketones is 1. The van der Waals surface area contributed by atoms with Crippen LogP contribution in [0.25, 0.3) is 0 Å². The van der Waals surface area contributed by atoms with E-state index in [1.54, 1.807) is 13.1 Å². The molecule has 0 amide bonds. The number of nitrogens with one attached hydrogen (secondary N) is 1. The average Bonchev–Trinajstić information content (AvgIpc) is 2.72. The van der Waals surface area contributed by atoms with Crippen LogP contribution in [0.3, 0.4) is 0 Å². The van der Waals surface area contributed by atoms with E-state index in [2.05, 4.69) is 5.32 Å². The molecule has 1 aliphatic rings. The number of Topliss-reactive ketones (excluding diaryl/α,β-unsaturated/α-hetero) is 1. The van der Waals surface area contributed by atoms with Gasteiger partial charge in [0.1, 0.15) is 0 Å². The second-order valence-corrected chi connectivity index (χ2v) is 4.39. The first-order valence-corrected chi connectivity index (χ1v) is 5.93. The molecule has 1 fully saturated rings. The van der Waals surface area contributed by atoms with Gasteiger partial charge in [0.05, 0.1) is 6.10 Å². The molecule has 1 aromatic rings. The predicted molar refractivity (Wildman–Crippen MR) is 67.6 cm³/mol. The summed E-state index contributed by atoms with van der Waals surface area (Å²) in [5.74, 6) is 0.240. The zero-order valence-corrected chi connectivity index (χ0v) is 9.94. The molecule has 1 aromatic carbocycles. The van der Waals surface area contributed by atoms with Gasteiger partial charge in [-0.1, -0.05) is 12.1 Å². The number of anilines is 1. The van der Waals surface area contributed by atoms with E-state index in [-0.39, 0.29) is 5.78 Å². The number of aliphatic hydroxyl groups is 1. The second-order valence-electron chi connectivity index (χ2n) is 4.39. The highest BCUT2D eigenvalue weighted by Gasteiger charge is 2.16. The third-order valence-corrected chi connectivity index (χ3v) is 2.99. The predicted octanol–water partition coefficient (Wildman–Crippen LogP) is 2.79. The van der Waals surface area contributed by atoms with Crippen molar-refractivity contribution in [2.45, 2.75) is 32.3 Å². The zero-order valence-electron chi connectivity index (χ0n) is 9.94. The Hall–Kier alpha value is -1.61. The fourth-order valence-electron chi connectivity index (χ4n) is 1.95. The van der Waals surface area contributed by atoms with Crippen LogP contribution < -0.4 is 5.32 Å². The summed E-state index contributed by atoms with van der Waals surface area (Å²) in [6.45, 7) is 1.73. The van der Waals surface area contributed by atoms with E-state index >= 15 is 0 Å². The van der Waals surface area contributed by atoms with Gasteiger partial charge in [-0.05, 0) is 37.5 Å². The molecule has 3 nitrogen and oxygen atoms in total. The van der Waals surface area contributed by atoms with Crippen LogP contribution in [-0.2, 0) is 4.79 Å². The Morgan fingerprint density at radius 3 is 2.88 bits per heavy atom. The molecule has 1 aliphatic carbocycles. The van der Waals surface area contributed by atoms with Gasteiger partial charge in [0.15, 0.2) is 5.78 Å². The van der Waals surface area contributed by atoms with Crippen LogP contribution in [0.1, 0.15) is 37.9 Å². The molecule has 1 atom stereocenters. The summed E-state index contributed by atoms with van der Waals surface area (Å²) in [7, 11) is 0. The fraction of sp³-hybridized carbons (Fsp3) is 0.357. The second kappa shape index (κ2) is 5.15. The summed E-state index contributed by atoms with van der Waals surface area (Å²) >= 11 is 0. The smallest absolute Gasteiger partial charge is 0.160 e. The van der Waals surface area contributed by atoms with E-state index in [1.165, 1.54) is 0 Å². The van der Waals surface area contributed by atoms with Crippen LogP contribution in [-0.4, -0.2) is 10.9 Å².